The van der Waals surface area contributed by atoms with Crippen molar-refractivity contribution < 1.29 is 9.59 Å². The number of para-hydroxylation sites is 1. The molecule has 0 unspecified atom stereocenters. The van der Waals surface area contributed by atoms with E-state index in [-0.39, 0.29) is 17.9 Å². The van der Waals surface area contributed by atoms with Crippen LogP contribution < -0.4 is 10.6 Å². The van der Waals surface area contributed by atoms with Crippen LogP contribution in [0.5, 0.6) is 0 Å². The molecule has 1 fully saturated rings. The molecular formula is C18H28N4O2. The number of nitrogens with zero attached hydrogens (tertiary/aromatic N) is 2. The molecule has 0 radical (unpaired) electrons. The van der Waals surface area contributed by atoms with Crippen molar-refractivity contribution >= 4 is 17.5 Å². The zero-order valence-corrected chi connectivity index (χ0v) is 14.6. The molecule has 2 N–H and O–H groups in total. The quantitative estimate of drug-likeness (QED) is 0.786. The lowest BCUT2D eigenvalue weighted by Gasteiger charge is -2.37. The summed E-state index contributed by atoms with van der Waals surface area (Å²) in [7, 11) is 0. The molecule has 132 valence electrons. The molecule has 1 saturated heterocycles. The Hall–Kier alpha value is -1.92. The molecule has 0 aliphatic carbocycles. The maximum Gasteiger partial charge on any atom is 0.241 e. The van der Waals surface area contributed by atoms with Gasteiger partial charge in [0.25, 0.3) is 0 Å². The molecule has 0 spiro atoms. The van der Waals surface area contributed by atoms with E-state index < -0.39 is 0 Å². The van der Waals surface area contributed by atoms with Gasteiger partial charge in [-0.15, -0.1) is 0 Å². The number of carbonyl (C=O) groups is 2. The van der Waals surface area contributed by atoms with Gasteiger partial charge in [0.05, 0.1) is 12.6 Å². The fourth-order valence-corrected chi connectivity index (χ4v) is 2.77. The summed E-state index contributed by atoms with van der Waals surface area (Å²) in [4.78, 5) is 28.4. The minimum Gasteiger partial charge on any atom is -0.355 e. The van der Waals surface area contributed by atoms with E-state index in [4.69, 9.17) is 0 Å². The summed E-state index contributed by atoms with van der Waals surface area (Å²) in [6.45, 7) is 8.36. The number of piperazine rings is 1. The molecule has 6 heteroatoms. The number of anilines is 1. The van der Waals surface area contributed by atoms with Crippen molar-refractivity contribution in [1.29, 1.82) is 0 Å². The van der Waals surface area contributed by atoms with Gasteiger partial charge in [-0.3, -0.25) is 19.4 Å². The van der Waals surface area contributed by atoms with Crippen LogP contribution in [-0.2, 0) is 9.59 Å². The van der Waals surface area contributed by atoms with E-state index in [1.807, 2.05) is 44.2 Å². The zero-order valence-electron chi connectivity index (χ0n) is 14.6. The maximum atomic E-state index is 12.4. The van der Waals surface area contributed by atoms with Crippen molar-refractivity contribution in [1.82, 2.24) is 15.1 Å². The van der Waals surface area contributed by atoms with Crippen LogP contribution >= 0.6 is 0 Å². The van der Waals surface area contributed by atoms with Crippen molar-refractivity contribution in [2.24, 2.45) is 0 Å². The first-order valence-electron chi connectivity index (χ1n) is 8.69. The van der Waals surface area contributed by atoms with Gasteiger partial charge in [0.1, 0.15) is 0 Å². The number of hydrogen-bond acceptors (Lipinski definition) is 4. The standard InChI is InChI=1S/C18H28N4O2/c1-3-9-19-17(23)14-21-10-12-22(13-11-21)15(2)18(24)20-16-7-5-4-6-8-16/h4-8,15H,3,9-14H2,1-2H3,(H,19,23)(H,20,24)/t15-/m0/s1. The van der Waals surface area contributed by atoms with E-state index in [0.717, 1.165) is 44.8 Å². The van der Waals surface area contributed by atoms with Crippen LogP contribution in [0.1, 0.15) is 20.3 Å². The summed E-state index contributed by atoms with van der Waals surface area (Å²) in [6, 6.07) is 9.33. The van der Waals surface area contributed by atoms with Crippen LogP contribution in [0.25, 0.3) is 0 Å². The molecule has 2 rings (SSSR count). The van der Waals surface area contributed by atoms with E-state index >= 15 is 0 Å². The van der Waals surface area contributed by atoms with E-state index in [1.54, 1.807) is 0 Å². The smallest absolute Gasteiger partial charge is 0.241 e. The van der Waals surface area contributed by atoms with Gasteiger partial charge in [0.2, 0.25) is 11.8 Å². The Bertz CT molecular complexity index is 527. The lowest BCUT2D eigenvalue weighted by Crippen LogP contribution is -2.54. The summed E-state index contributed by atoms with van der Waals surface area (Å²) in [5.74, 6) is 0.0931. The predicted octanol–water partition coefficient (Wildman–Crippen LogP) is 1.16. The van der Waals surface area contributed by atoms with E-state index in [1.165, 1.54) is 0 Å². The Morgan fingerprint density at radius 3 is 2.42 bits per heavy atom. The molecule has 0 aromatic heterocycles. The van der Waals surface area contributed by atoms with Crippen LogP contribution in [0.2, 0.25) is 0 Å². The number of nitrogens with one attached hydrogen (secondary N) is 2. The highest BCUT2D eigenvalue weighted by molar-refractivity contribution is 5.94. The first-order valence-corrected chi connectivity index (χ1v) is 8.69. The zero-order chi connectivity index (χ0) is 17.4. The second-order valence-electron chi connectivity index (χ2n) is 6.19. The number of benzene rings is 1. The van der Waals surface area contributed by atoms with Crippen LogP contribution in [0, 0.1) is 0 Å². The van der Waals surface area contributed by atoms with Gasteiger partial charge in [-0.2, -0.15) is 0 Å². The third-order valence-corrected chi connectivity index (χ3v) is 4.31. The van der Waals surface area contributed by atoms with Crippen LogP contribution in [0.3, 0.4) is 0 Å². The normalized spacial score (nSPS) is 17.2. The summed E-state index contributed by atoms with van der Waals surface area (Å²) in [6.07, 6.45) is 0.952. The highest BCUT2D eigenvalue weighted by Gasteiger charge is 2.26. The summed E-state index contributed by atoms with van der Waals surface area (Å²) in [5.41, 5.74) is 0.820. The van der Waals surface area contributed by atoms with Crippen molar-refractivity contribution in [3.05, 3.63) is 30.3 Å². The average molecular weight is 332 g/mol. The number of amides is 2. The molecule has 1 aliphatic heterocycles. The van der Waals surface area contributed by atoms with Gasteiger partial charge in [-0.1, -0.05) is 25.1 Å². The Morgan fingerprint density at radius 2 is 1.79 bits per heavy atom. The molecule has 1 aliphatic rings. The Kier molecular flexibility index (Phi) is 7.21. The van der Waals surface area contributed by atoms with Gasteiger partial charge >= 0.3 is 0 Å². The average Bonchev–Trinajstić information content (AvgIpc) is 2.61. The first-order chi connectivity index (χ1) is 11.6. The number of carbonyl (C=O) groups excluding carboxylic acids is 2. The van der Waals surface area contributed by atoms with Crippen molar-refractivity contribution in [3.8, 4) is 0 Å². The maximum absolute atomic E-state index is 12.4. The van der Waals surface area contributed by atoms with Gasteiger partial charge in [-0.05, 0) is 25.5 Å². The molecule has 1 aromatic carbocycles. The molecule has 24 heavy (non-hydrogen) atoms. The Balaban J connectivity index is 1.75. The second-order valence-corrected chi connectivity index (χ2v) is 6.19. The lowest BCUT2D eigenvalue weighted by molar-refractivity contribution is -0.124. The van der Waals surface area contributed by atoms with Gasteiger partial charge in [-0.25, -0.2) is 0 Å². The largest absolute Gasteiger partial charge is 0.355 e. The van der Waals surface area contributed by atoms with E-state index in [9.17, 15) is 9.59 Å². The summed E-state index contributed by atoms with van der Waals surface area (Å²) in [5, 5.41) is 5.85. The van der Waals surface area contributed by atoms with Crippen molar-refractivity contribution in [3.63, 3.8) is 0 Å². The molecule has 2 amide bonds. The molecule has 1 atom stereocenters. The number of hydrogen-bond donors (Lipinski definition) is 2. The SMILES string of the molecule is CCCNC(=O)CN1CCN([C@@H](C)C(=O)Nc2ccccc2)CC1. The topological polar surface area (TPSA) is 64.7 Å². The molecule has 1 aromatic rings. The molecule has 0 saturated carbocycles. The van der Waals surface area contributed by atoms with Crippen LogP contribution in [-0.4, -0.2) is 66.9 Å². The molecule has 6 nitrogen and oxygen atoms in total. The first kappa shape index (κ1) is 18.4. The summed E-state index contributed by atoms with van der Waals surface area (Å²) < 4.78 is 0. The molecule has 0 bridgehead atoms. The second kappa shape index (κ2) is 9.39. The van der Waals surface area contributed by atoms with Crippen LogP contribution in [0.4, 0.5) is 5.69 Å². The Labute approximate surface area is 144 Å². The lowest BCUT2D eigenvalue weighted by atomic mass is 10.2. The van der Waals surface area contributed by atoms with Gasteiger partial charge in [0, 0.05) is 38.4 Å². The predicted molar refractivity (Wildman–Crippen MR) is 95.8 cm³/mol. The van der Waals surface area contributed by atoms with Crippen LogP contribution in [0.15, 0.2) is 30.3 Å². The monoisotopic (exact) mass is 332 g/mol. The van der Waals surface area contributed by atoms with Crippen molar-refractivity contribution in [2.75, 3.05) is 44.6 Å². The van der Waals surface area contributed by atoms with E-state index in [2.05, 4.69) is 20.4 Å². The van der Waals surface area contributed by atoms with Gasteiger partial charge in [0.15, 0.2) is 0 Å². The van der Waals surface area contributed by atoms with Gasteiger partial charge < -0.3 is 10.6 Å². The minimum atomic E-state index is -0.179. The molecule has 1 heterocycles. The number of rotatable bonds is 7. The summed E-state index contributed by atoms with van der Waals surface area (Å²) >= 11 is 0. The fraction of sp³-hybridized carbons (Fsp3) is 0.556. The Morgan fingerprint density at radius 1 is 1.12 bits per heavy atom. The highest BCUT2D eigenvalue weighted by atomic mass is 16.2. The fourth-order valence-electron chi connectivity index (χ4n) is 2.77. The highest BCUT2D eigenvalue weighted by Crippen LogP contribution is 2.10. The minimum absolute atomic E-state index is 0.00957. The third kappa shape index (κ3) is 5.62. The van der Waals surface area contributed by atoms with E-state index in [0.29, 0.717) is 6.54 Å². The molecular weight excluding hydrogens is 304 g/mol. The van der Waals surface area contributed by atoms with Crippen molar-refractivity contribution in [2.45, 2.75) is 26.3 Å². The third-order valence-electron chi connectivity index (χ3n) is 4.31.